The molecule has 146 valence electrons. The smallest absolute Gasteiger partial charge is 0.270 e. The molecule has 0 aliphatic heterocycles. The zero-order chi connectivity index (χ0) is 20.4. The topological polar surface area (TPSA) is 98.8 Å². The van der Waals surface area contributed by atoms with E-state index in [2.05, 4.69) is 34.2 Å². The molecule has 2 aromatic heterocycles. The van der Waals surface area contributed by atoms with Crippen LogP contribution in [0.3, 0.4) is 0 Å². The largest absolute Gasteiger partial charge is 0.363 e. The average Bonchev–Trinajstić information content (AvgIpc) is 2.91. The molecule has 0 saturated heterocycles. The molecule has 1 atom stereocenters. The Kier molecular flexibility index (Phi) is 5.39. The number of aryl methyl sites for hydroxylation is 3. The molecule has 0 aliphatic carbocycles. The molecule has 1 aromatic carbocycles. The molecule has 0 bridgehead atoms. The number of anilines is 1. The van der Waals surface area contributed by atoms with Gasteiger partial charge in [-0.2, -0.15) is 5.10 Å². The number of nitrogens with one attached hydrogen (secondary N) is 1. The van der Waals surface area contributed by atoms with Crippen molar-refractivity contribution in [3.8, 4) is 11.4 Å². The molecule has 8 heteroatoms. The number of nitro groups is 1. The number of hydrogen-bond acceptors (Lipinski definition) is 6. The molecule has 8 nitrogen and oxygen atoms in total. The van der Waals surface area contributed by atoms with Crippen molar-refractivity contribution in [2.75, 3.05) is 5.32 Å². The first kappa shape index (κ1) is 19.5. The Morgan fingerprint density at radius 3 is 2.57 bits per heavy atom. The third-order valence-corrected chi connectivity index (χ3v) is 4.81. The summed E-state index contributed by atoms with van der Waals surface area (Å²) in [6, 6.07) is 8.30. The van der Waals surface area contributed by atoms with Gasteiger partial charge in [-0.15, -0.1) is 0 Å². The third kappa shape index (κ3) is 3.85. The van der Waals surface area contributed by atoms with Gasteiger partial charge in [0.2, 0.25) is 0 Å². The molecule has 1 unspecified atom stereocenters. The average molecular weight is 380 g/mol. The Hall–Kier alpha value is -3.29. The fourth-order valence-corrected chi connectivity index (χ4v) is 3.38. The fourth-order valence-electron chi connectivity index (χ4n) is 3.38. The van der Waals surface area contributed by atoms with Crippen molar-refractivity contribution < 1.29 is 4.92 Å². The molecular weight excluding hydrogens is 356 g/mol. The summed E-state index contributed by atoms with van der Waals surface area (Å²) < 4.78 is 1.88. The summed E-state index contributed by atoms with van der Waals surface area (Å²) in [5.74, 6) is 1.14. The minimum Gasteiger partial charge on any atom is -0.363 e. The van der Waals surface area contributed by atoms with Crippen molar-refractivity contribution in [2.24, 2.45) is 7.05 Å². The van der Waals surface area contributed by atoms with Gasteiger partial charge < -0.3 is 5.32 Å². The van der Waals surface area contributed by atoms with E-state index in [1.165, 1.54) is 12.1 Å². The van der Waals surface area contributed by atoms with Gasteiger partial charge in [0.1, 0.15) is 5.82 Å². The Labute approximate surface area is 163 Å². The predicted octanol–water partition coefficient (Wildman–Crippen LogP) is 4.27. The van der Waals surface area contributed by atoms with Gasteiger partial charge in [-0.05, 0) is 27.2 Å². The molecule has 2 heterocycles. The number of benzene rings is 1. The first-order chi connectivity index (χ1) is 13.3. The fraction of sp³-hybridized carbons (Fsp3) is 0.350. The van der Waals surface area contributed by atoms with Gasteiger partial charge in [-0.3, -0.25) is 14.8 Å². The Balaban J connectivity index is 1.97. The van der Waals surface area contributed by atoms with Crippen molar-refractivity contribution in [2.45, 2.75) is 40.2 Å². The molecule has 0 amide bonds. The lowest BCUT2D eigenvalue weighted by molar-refractivity contribution is -0.384. The maximum Gasteiger partial charge on any atom is 0.270 e. The van der Waals surface area contributed by atoms with Crippen LogP contribution in [0.4, 0.5) is 11.5 Å². The molecular formula is C20H24N6O2. The van der Waals surface area contributed by atoms with Gasteiger partial charge in [0.05, 0.1) is 16.7 Å². The van der Waals surface area contributed by atoms with Gasteiger partial charge in [0, 0.05) is 47.8 Å². The van der Waals surface area contributed by atoms with E-state index in [1.807, 2.05) is 31.6 Å². The lowest BCUT2D eigenvalue weighted by Crippen LogP contribution is -2.13. The van der Waals surface area contributed by atoms with Gasteiger partial charge in [-0.25, -0.2) is 9.97 Å². The molecule has 0 spiro atoms. The van der Waals surface area contributed by atoms with Crippen LogP contribution in [-0.4, -0.2) is 24.7 Å². The number of rotatable bonds is 6. The molecule has 3 rings (SSSR count). The predicted molar refractivity (Wildman–Crippen MR) is 108 cm³/mol. The summed E-state index contributed by atoms with van der Waals surface area (Å²) in [5, 5.41) is 19.1. The van der Waals surface area contributed by atoms with E-state index in [0.29, 0.717) is 17.2 Å². The van der Waals surface area contributed by atoms with Crippen LogP contribution in [0.5, 0.6) is 0 Å². The Bertz CT molecular complexity index is 1030. The van der Waals surface area contributed by atoms with Gasteiger partial charge in [0.15, 0.2) is 5.82 Å². The maximum atomic E-state index is 11.1. The van der Waals surface area contributed by atoms with Crippen molar-refractivity contribution in [3.05, 3.63) is 63.1 Å². The van der Waals surface area contributed by atoms with Crippen molar-refractivity contribution in [3.63, 3.8) is 0 Å². The lowest BCUT2D eigenvalue weighted by Gasteiger charge is -2.19. The van der Waals surface area contributed by atoms with E-state index < -0.39 is 4.92 Å². The van der Waals surface area contributed by atoms with Crippen molar-refractivity contribution in [1.82, 2.24) is 19.7 Å². The Morgan fingerprint density at radius 1 is 1.21 bits per heavy atom. The van der Waals surface area contributed by atoms with E-state index >= 15 is 0 Å². The van der Waals surface area contributed by atoms with Crippen LogP contribution in [0, 0.1) is 30.9 Å². The highest BCUT2D eigenvalue weighted by Gasteiger charge is 2.20. The van der Waals surface area contributed by atoms with Crippen LogP contribution in [0.15, 0.2) is 30.3 Å². The summed E-state index contributed by atoms with van der Waals surface area (Å²) in [7, 11) is 1.94. The van der Waals surface area contributed by atoms with Crippen LogP contribution < -0.4 is 5.32 Å². The van der Waals surface area contributed by atoms with E-state index in [4.69, 9.17) is 0 Å². The van der Waals surface area contributed by atoms with Crippen LogP contribution >= 0.6 is 0 Å². The minimum absolute atomic E-state index is 0.0187. The van der Waals surface area contributed by atoms with Gasteiger partial charge in [-0.1, -0.05) is 19.1 Å². The maximum absolute atomic E-state index is 11.1. The van der Waals surface area contributed by atoms with Gasteiger partial charge >= 0.3 is 0 Å². The standard InChI is InChI=1S/C20H24N6O2/c1-6-17(19-13(3)24-25(5)14(19)4)22-18-10-12(2)21-20(23-18)15-8-7-9-16(11-15)26(27)28/h7-11,17H,6H2,1-5H3,(H,21,22,23). The zero-order valence-electron chi connectivity index (χ0n) is 16.7. The normalized spacial score (nSPS) is 12.0. The highest BCUT2D eigenvalue weighted by atomic mass is 16.6. The summed E-state index contributed by atoms with van der Waals surface area (Å²) in [6.07, 6.45) is 0.864. The molecule has 0 aliphatic rings. The quantitative estimate of drug-likeness (QED) is 0.506. The second-order valence-electron chi connectivity index (χ2n) is 6.84. The lowest BCUT2D eigenvalue weighted by atomic mass is 10.0. The van der Waals surface area contributed by atoms with Crippen LogP contribution in [0.2, 0.25) is 0 Å². The summed E-state index contributed by atoms with van der Waals surface area (Å²) in [5.41, 5.74) is 4.69. The summed E-state index contributed by atoms with van der Waals surface area (Å²) in [6.45, 7) is 8.06. The van der Waals surface area contributed by atoms with E-state index in [1.54, 1.807) is 12.1 Å². The summed E-state index contributed by atoms with van der Waals surface area (Å²) in [4.78, 5) is 19.7. The first-order valence-corrected chi connectivity index (χ1v) is 9.17. The second kappa shape index (κ2) is 7.75. The number of nitro benzene ring substituents is 1. The molecule has 0 fully saturated rings. The van der Waals surface area contributed by atoms with Crippen LogP contribution in [-0.2, 0) is 7.05 Å². The van der Waals surface area contributed by atoms with Gasteiger partial charge in [0.25, 0.3) is 5.69 Å². The van der Waals surface area contributed by atoms with Crippen molar-refractivity contribution in [1.29, 1.82) is 0 Å². The molecule has 0 radical (unpaired) electrons. The summed E-state index contributed by atoms with van der Waals surface area (Å²) >= 11 is 0. The van der Waals surface area contributed by atoms with Crippen LogP contribution in [0.25, 0.3) is 11.4 Å². The van der Waals surface area contributed by atoms with E-state index in [0.717, 1.165) is 29.1 Å². The van der Waals surface area contributed by atoms with E-state index in [9.17, 15) is 10.1 Å². The van der Waals surface area contributed by atoms with Crippen LogP contribution in [0.1, 0.15) is 42.0 Å². The first-order valence-electron chi connectivity index (χ1n) is 9.17. The SMILES string of the molecule is CCC(Nc1cc(C)nc(-c2cccc([N+](=O)[O-])c2)n1)c1c(C)nn(C)c1C. The Morgan fingerprint density at radius 2 is 1.96 bits per heavy atom. The van der Waals surface area contributed by atoms with E-state index in [-0.39, 0.29) is 11.7 Å². The number of hydrogen-bond donors (Lipinski definition) is 1. The molecule has 3 aromatic rings. The molecule has 1 N–H and O–H groups in total. The molecule has 0 saturated carbocycles. The highest BCUT2D eigenvalue weighted by molar-refractivity contribution is 5.61. The second-order valence-corrected chi connectivity index (χ2v) is 6.84. The third-order valence-electron chi connectivity index (χ3n) is 4.81. The minimum atomic E-state index is -0.417. The zero-order valence-corrected chi connectivity index (χ0v) is 16.7. The van der Waals surface area contributed by atoms with Crippen molar-refractivity contribution >= 4 is 11.5 Å². The number of non-ortho nitro benzene ring substituents is 1. The highest BCUT2D eigenvalue weighted by Crippen LogP contribution is 2.28. The monoisotopic (exact) mass is 380 g/mol. The molecule has 28 heavy (non-hydrogen) atoms. The number of aromatic nitrogens is 4. The number of nitrogens with zero attached hydrogens (tertiary/aromatic N) is 5.